The maximum absolute atomic E-state index is 13.3. The van der Waals surface area contributed by atoms with Gasteiger partial charge in [0.15, 0.2) is 0 Å². The summed E-state index contributed by atoms with van der Waals surface area (Å²) in [7, 11) is 0. The van der Waals surface area contributed by atoms with Gasteiger partial charge in [-0.15, -0.1) is 0 Å². The molecule has 0 aromatic heterocycles. The van der Waals surface area contributed by atoms with Gasteiger partial charge in [-0.3, -0.25) is 5.43 Å². The van der Waals surface area contributed by atoms with Crippen molar-refractivity contribution in [3.05, 3.63) is 77.6 Å². The Balaban J connectivity index is 2.10. The number of hydrogen-bond acceptors (Lipinski definition) is 6. The summed E-state index contributed by atoms with van der Waals surface area (Å²) >= 11 is 0. The van der Waals surface area contributed by atoms with Gasteiger partial charge >= 0.3 is 0 Å². The van der Waals surface area contributed by atoms with E-state index in [2.05, 4.69) is 10.5 Å². The molecule has 0 heterocycles. The standard InChI is InChI=1S/C19H15FN2O4/c20-11-2-1-3-12(8-11)21-22-19(15-6-4-13(23)9-17(15)25)16-7-5-14(24)10-18(16)26/h1-10,21,23-26H. The Bertz CT molecular complexity index is 936. The predicted molar refractivity (Wildman–Crippen MR) is 95.2 cm³/mol. The van der Waals surface area contributed by atoms with E-state index in [1.807, 2.05) is 0 Å². The minimum absolute atomic E-state index is 0.129. The second kappa shape index (κ2) is 7.02. The highest BCUT2D eigenvalue weighted by Gasteiger charge is 2.16. The number of phenolic OH excluding ortho intramolecular Hbond substituents is 4. The molecule has 132 valence electrons. The fourth-order valence-electron chi connectivity index (χ4n) is 2.38. The Morgan fingerprint density at radius 2 is 1.35 bits per heavy atom. The molecule has 26 heavy (non-hydrogen) atoms. The molecule has 0 saturated heterocycles. The Kier molecular flexibility index (Phi) is 4.62. The molecule has 0 saturated carbocycles. The highest BCUT2D eigenvalue weighted by Crippen LogP contribution is 2.30. The van der Waals surface area contributed by atoms with Crippen LogP contribution in [0, 0.1) is 5.82 Å². The molecule has 0 spiro atoms. The monoisotopic (exact) mass is 354 g/mol. The van der Waals surface area contributed by atoms with E-state index < -0.39 is 5.82 Å². The molecule has 0 atom stereocenters. The lowest BCUT2D eigenvalue weighted by Gasteiger charge is -2.12. The zero-order valence-electron chi connectivity index (χ0n) is 13.4. The smallest absolute Gasteiger partial charge is 0.128 e. The number of hydrogen-bond donors (Lipinski definition) is 5. The van der Waals surface area contributed by atoms with Crippen molar-refractivity contribution in [2.24, 2.45) is 5.10 Å². The van der Waals surface area contributed by atoms with Crippen molar-refractivity contribution in [1.29, 1.82) is 0 Å². The first kappa shape index (κ1) is 17.1. The molecule has 5 N–H and O–H groups in total. The third kappa shape index (κ3) is 3.67. The molecule has 0 amide bonds. The highest BCUT2D eigenvalue weighted by molar-refractivity contribution is 6.16. The molecule has 0 aliphatic rings. The molecule has 0 fully saturated rings. The van der Waals surface area contributed by atoms with Gasteiger partial charge in [0.25, 0.3) is 0 Å². The lowest BCUT2D eigenvalue weighted by atomic mass is 10.00. The van der Waals surface area contributed by atoms with Crippen molar-refractivity contribution in [1.82, 2.24) is 0 Å². The molecule has 3 aromatic carbocycles. The van der Waals surface area contributed by atoms with Crippen LogP contribution in [0.3, 0.4) is 0 Å². The van der Waals surface area contributed by atoms with Gasteiger partial charge in [-0.25, -0.2) is 4.39 Å². The Morgan fingerprint density at radius 1 is 0.769 bits per heavy atom. The highest BCUT2D eigenvalue weighted by atomic mass is 19.1. The molecule has 7 heteroatoms. The minimum atomic E-state index is -0.452. The molecule has 0 aliphatic heterocycles. The SMILES string of the molecule is Oc1ccc(C(=NNc2cccc(F)c2)c2ccc(O)cc2O)c(O)c1. The normalized spacial score (nSPS) is 10.3. The number of nitrogens with one attached hydrogen (secondary N) is 1. The van der Waals surface area contributed by atoms with Gasteiger partial charge in [-0.05, 0) is 42.5 Å². The van der Waals surface area contributed by atoms with Crippen LogP contribution in [-0.2, 0) is 0 Å². The number of hydrazone groups is 1. The Labute approximate surface area is 148 Å². The van der Waals surface area contributed by atoms with Crippen LogP contribution in [0.2, 0.25) is 0 Å². The fourth-order valence-corrected chi connectivity index (χ4v) is 2.38. The number of rotatable bonds is 4. The van der Waals surface area contributed by atoms with E-state index in [-0.39, 0.29) is 39.8 Å². The summed E-state index contributed by atoms with van der Waals surface area (Å²) in [5, 5.41) is 43.4. The lowest BCUT2D eigenvalue weighted by Crippen LogP contribution is -2.07. The van der Waals surface area contributed by atoms with Gasteiger partial charge < -0.3 is 20.4 Å². The second-order valence-electron chi connectivity index (χ2n) is 5.49. The maximum atomic E-state index is 13.3. The van der Waals surface area contributed by atoms with Crippen LogP contribution in [0.1, 0.15) is 11.1 Å². The molecule has 0 aliphatic carbocycles. The van der Waals surface area contributed by atoms with Gasteiger partial charge in [0.05, 0.1) is 5.69 Å². The van der Waals surface area contributed by atoms with Crippen molar-refractivity contribution in [2.75, 3.05) is 5.43 Å². The number of halogens is 1. The minimum Gasteiger partial charge on any atom is -0.508 e. The Morgan fingerprint density at radius 3 is 1.85 bits per heavy atom. The average molecular weight is 354 g/mol. The number of anilines is 1. The molecular weight excluding hydrogens is 339 g/mol. The largest absolute Gasteiger partial charge is 0.508 e. The first-order valence-corrected chi connectivity index (χ1v) is 7.58. The van der Waals surface area contributed by atoms with Crippen molar-refractivity contribution in [3.63, 3.8) is 0 Å². The van der Waals surface area contributed by atoms with Crippen molar-refractivity contribution in [2.45, 2.75) is 0 Å². The zero-order valence-corrected chi connectivity index (χ0v) is 13.4. The topological polar surface area (TPSA) is 105 Å². The summed E-state index contributed by atoms with van der Waals surface area (Å²) in [5.41, 5.74) is 3.59. The van der Waals surface area contributed by atoms with Crippen LogP contribution in [-0.4, -0.2) is 26.1 Å². The molecule has 0 radical (unpaired) electrons. The van der Waals surface area contributed by atoms with Crippen LogP contribution in [0.15, 0.2) is 65.8 Å². The van der Waals surface area contributed by atoms with Gasteiger partial charge in [0, 0.05) is 23.3 Å². The van der Waals surface area contributed by atoms with Crippen molar-refractivity contribution < 1.29 is 24.8 Å². The first-order valence-electron chi connectivity index (χ1n) is 7.58. The second-order valence-corrected chi connectivity index (χ2v) is 5.49. The van der Waals surface area contributed by atoms with Gasteiger partial charge in [0.2, 0.25) is 0 Å². The number of nitrogens with zero attached hydrogens (tertiary/aromatic N) is 1. The van der Waals surface area contributed by atoms with Gasteiger partial charge in [-0.1, -0.05) is 6.07 Å². The number of benzene rings is 3. The fraction of sp³-hybridized carbons (Fsp3) is 0. The third-order valence-electron chi connectivity index (χ3n) is 3.59. The third-order valence-corrected chi connectivity index (χ3v) is 3.59. The van der Waals surface area contributed by atoms with Gasteiger partial charge in [0.1, 0.15) is 34.5 Å². The number of phenols is 4. The molecule has 3 rings (SSSR count). The van der Waals surface area contributed by atoms with Crippen molar-refractivity contribution >= 4 is 11.4 Å². The van der Waals surface area contributed by atoms with Crippen molar-refractivity contribution in [3.8, 4) is 23.0 Å². The summed E-state index contributed by atoms with van der Waals surface area (Å²) in [6, 6.07) is 13.4. The summed E-state index contributed by atoms with van der Waals surface area (Å²) in [4.78, 5) is 0. The lowest BCUT2D eigenvalue weighted by molar-refractivity contribution is 0.449. The van der Waals surface area contributed by atoms with Gasteiger partial charge in [-0.2, -0.15) is 5.10 Å². The number of aromatic hydroxyl groups is 4. The van der Waals surface area contributed by atoms with Crippen LogP contribution in [0.4, 0.5) is 10.1 Å². The molecule has 3 aromatic rings. The molecule has 0 bridgehead atoms. The predicted octanol–water partition coefficient (Wildman–Crippen LogP) is 3.51. The maximum Gasteiger partial charge on any atom is 0.128 e. The zero-order chi connectivity index (χ0) is 18.7. The molecular formula is C19H15FN2O4. The van der Waals surface area contributed by atoms with E-state index in [1.54, 1.807) is 6.07 Å². The molecule has 6 nitrogen and oxygen atoms in total. The van der Waals surface area contributed by atoms with E-state index in [0.29, 0.717) is 5.69 Å². The van der Waals surface area contributed by atoms with E-state index in [1.165, 1.54) is 42.5 Å². The van der Waals surface area contributed by atoms with Crippen LogP contribution >= 0.6 is 0 Å². The van der Waals surface area contributed by atoms with Crippen LogP contribution < -0.4 is 5.43 Å². The van der Waals surface area contributed by atoms with E-state index in [4.69, 9.17) is 0 Å². The summed E-state index contributed by atoms with van der Waals surface area (Å²) in [6.07, 6.45) is 0. The van der Waals surface area contributed by atoms with E-state index >= 15 is 0 Å². The molecule has 0 unspecified atom stereocenters. The summed E-state index contributed by atoms with van der Waals surface area (Å²) < 4.78 is 13.3. The quantitative estimate of drug-likeness (QED) is 0.364. The summed E-state index contributed by atoms with van der Waals surface area (Å²) in [5.74, 6) is -1.27. The van der Waals surface area contributed by atoms with Crippen LogP contribution in [0.5, 0.6) is 23.0 Å². The summed E-state index contributed by atoms with van der Waals surface area (Å²) in [6.45, 7) is 0. The van der Waals surface area contributed by atoms with E-state index in [0.717, 1.165) is 12.1 Å². The Hall–Kier alpha value is -3.74. The average Bonchev–Trinajstić information content (AvgIpc) is 2.58. The van der Waals surface area contributed by atoms with Crippen LogP contribution in [0.25, 0.3) is 0 Å². The first-order chi connectivity index (χ1) is 12.4. The van der Waals surface area contributed by atoms with E-state index in [9.17, 15) is 24.8 Å².